The SMILES string of the molecule is CCCCC(O)CCCCCCCC(C)S(=O)(=O)O. The zero-order valence-corrected chi connectivity index (χ0v) is 13.2. The Hall–Kier alpha value is -0.130. The first-order valence-corrected chi connectivity index (χ1v) is 9.02. The van der Waals surface area contributed by atoms with Crippen molar-refractivity contribution in [3.05, 3.63) is 0 Å². The van der Waals surface area contributed by atoms with Crippen molar-refractivity contribution in [2.24, 2.45) is 0 Å². The largest absolute Gasteiger partial charge is 0.393 e. The molecule has 2 unspecified atom stereocenters. The number of aliphatic hydroxyl groups excluding tert-OH is 1. The molecule has 116 valence electrons. The number of hydrogen-bond acceptors (Lipinski definition) is 3. The lowest BCUT2D eigenvalue weighted by molar-refractivity contribution is 0.148. The molecule has 0 rings (SSSR count). The minimum absolute atomic E-state index is 0.153. The van der Waals surface area contributed by atoms with Gasteiger partial charge in [-0.1, -0.05) is 51.9 Å². The Kier molecular flexibility index (Phi) is 10.6. The lowest BCUT2D eigenvalue weighted by Gasteiger charge is -2.10. The molecule has 0 saturated carbocycles. The first-order valence-electron chi connectivity index (χ1n) is 7.52. The second-order valence-electron chi connectivity index (χ2n) is 5.47. The number of rotatable bonds is 12. The molecule has 4 nitrogen and oxygen atoms in total. The fourth-order valence-electron chi connectivity index (χ4n) is 2.08. The molecule has 0 saturated heterocycles. The maximum atomic E-state index is 10.8. The highest BCUT2D eigenvalue weighted by Crippen LogP contribution is 2.14. The van der Waals surface area contributed by atoms with Crippen LogP contribution in [-0.4, -0.2) is 29.4 Å². The van der Waals surface area contributed by atoms with Crippen LogP contribution in [0.5, 0.6) is 0 Å². The van der Waals surface area contributed by atoms with Gasteiger partial charge in [0.1, 0.15) is 0 Å². The highest BCUT2D eigenvalue weighted by molar-refractivity contribution is 7.86. The number of unbranched alkanes of at least 4 members (excludes halogenated alkanes) is 5. The van der Waals surface area contributed by atoms with E-state index in [9.17, 15) is 13.5 Å². The average molecular weight is 294 g/mol. The molecule has 0 aliphatic carbocycles. The molecule has 0 fully saturated rings. The van der Waals surface area contributed by atoms with Gasteiger partial charge < -0.3 is 5.11 Å². The van der Waals surface area contributed by atoms with Crippen LogP contribution < -0.4 is 0 Å². The third kappa shape index (κ3) is 11.4. The van der Waals surface area contributed by atoms with E-state index >= 15 is 0 Å². The van der Waals surface area contributed by atoms with Gasteiger partial charge in [-0.05, 0) is 26.2 Å². The van der Waals surface area contributed by atoms with Crippen molar-refractivity contribution in [2.45, 2.75) is 89.4 Å². The maximum absolute atomic E-state index is 10.8. The van der Waals surface area contributed by atoms with Crippen LogP contribution in [0.15, 0.2) is 0 Å². The molecule has 0 heterocycles. The summed E-state index contributed by atoms with van der Waals surface area (Å²) in [5.74, 6) is 0. The molecule has 0 aliphatic rings. The average Bonchev–Trinajstić information content (AvgIpc) is 2.33. The standard InChI is InChI=1S/C14H30O4S/c1-3-4-11-14(15)12-9-7-5-6-8-10-13(2)19(16,17)18/h13-15H,3-12H2,1-2H3,(H,16,17,18). The van der Waals surface area contributed by atoms with Crippen molar-refractivity contribution >= 4 is 10.1 Å². The summed E-state index contributed by atoms with van der Waals surface area (Å²) < 4.78 is 30.4. The lowest BCUT2D eigenvalue weighted by atomic mass is 10.0. The first kappa shape index (κ1) is 18.9. The van der Waals surface area contributed by atoms with Gasteiger partial charge in [0, 0.05) is 0 Å². The van der Waals surface area contributed by atoms with Gasteiger partial charge in [0.25, 0.3) is 10.1 Å². The fraction of sp³-hybridized carbons (Fsp3) is 1.00. The van der Waals surface area contributed by atoms with Crippen LogP contribution in [0, 0.1) is 0 Å². The van der Waals surface area contributed by atoms with E-state index in [1.807, 2.05) is 0 Å². The summed E-state index contributed by atoms with van der Waals surface area (Å²) in [6.45, 7) is 3.67. The number of hydrogen-bond donors (Lipinski definition) is 2. The highest BCUT2D eigenvalue weighted by Gasteiger charge is 2.15. The Morgan fingerprint density at radius 3 is 1.89 bits per heavy atom. The van der Waals surface area contributed by atoms with E-state index in [1.54, 1.807) is 6.92 Å². The van der Waals surface area contributed by atoms with Crippen LogP contribution in [0.3, 0.4) is 0 Å². The first-order chi connectivity index (χ1) is 8.88. The molecular weight excluding hydrogens is 264 g/mol. The minimum atomic E-state index is -3.85. The Balaban J connectivity index is 3.37. The summed E-state index contributed by atoms with van der Waals surface area (Å²) >= 11 is 0. The second-order valence-corrected chi connectivity index (χ2v) is 7.30. The molecule has 19 heavy (non-hydrogen) atoms. The second kappa shape index (κ2) is 10.6. The quantitative estimate of drug-likeness (QED) is 0.426. The Morgan fingerprint density at radius 1 is 0.895 bits per heavy atom. The van der Waals surface area contributed by atoms with E-state index in [-0.39, 0.29) is 6.10 Å². The van der Waals surface area contributed by atoms with Gasteiger partial charge in [-0.3, -0.25) is 4.55 Å². The molecule has 0 aromatic rings. The Bertz CT molecular complexity index is 301. The zero-order chi connectivity index (χ0) is 14.7. The molecular formula is C14H30O4S. The van der Waals surface area contributed by atoms with Crippen LogP contribution in [0.25, 0.3) is 0 Å². The van der Waals surface area contributed by atoms with Crippen molar-refractivity contribution in [3.8, 4) is 0 Å². The van der Waals surface area contributed by atoms with E-state index in [4.69, 9.17) is 4.55 Å². The van der Waals surface area contributed by atoms with Crippen molar-refractivity contribution in [1.82, 2.24) is 0 Å². The molecule has 2 atom stereocenters. The van der Waals surface area contributed by atoms with Crippen molar-refractivity contribution in [1.29, 1.82) is 0 Å². The van der Waals surface area contributed by atoms with Crippen LogP contribution in [0.4, 0.5) is 0 Å². The molecule has 0 radical (unpaired) electrons. The van der Waals surface area contributed by atoms with Crippen LogP contribution in [-0.2, 0) is 10.1 Å². The van der Waals surface area contributed by atoms with E-state index in [0.717, 1.165) is 57.8 Å². The third-order valence-corrected chi connectivity index (χ3v) is 4.80. The van der Waals surface area contributed by atoms with E-state index in [1.165, 1.54) is 0 Å². The highest BCUT2D eigenvalue weighted by atomic mass is 32.2. The lowest BCUT2D eigenvalue weighted by Crippen LogP contribution is -2.16. The van der Waals surface area contributed by atoms with Gasteiger partial charge >= 0.3 is 0 Å². The van der Waals surface area contributed by atoms with Gasteiger partial charge in [0.05, 0.1) is 11.4 Å². The summed E-state index contributed by atoms with van der Waals surface area (Å²) in [5, 5.41) is 9.00. The van der Waals surface area contributed by atoms with E-state index < -0.39 is 15.4 Å². The van der Waals surface area contributed by atoms with Crippen molar-refractivity contribution < 1.29 is 18.1 Å². The summed E-state index contributed by atoms with van der Waals surface area (Å²) in [5.41, 5.74) is 0. The maximum Gasteiger partial charge on any atom is 0.267 e. The van der Waals surface area contributed by atoms with Crippen LogP contribution in [0.1, 0.15) is 78.1 Å². The third-order valence-electron chi connectivity index (χ3n) is 3.55. The van der Waals surface area contributed by atoms with Gasteiger partial charge in [-0.2, -0.15) is 8.42 Å². The van der Waals surface area contributed by atoms with Gasteiger partial charge in [-0.25, -0.2) is 0 Å². The molecule has 0 aromatic carbocycles. The van der Waals surface area contributed by atoms with Gasteiger partial charge in [0.15, 0.2) is 0 Å². The summed E-state index contributed by atoms with van der Waals surface area (Å²) in [7, 11) is -3.85. The van der Waals surface area contributed by atoms with Crippen molar-refractivity contribution in [3.63, 3.8) is 0 Å². The predicted octanol–water partition coefficient (Wildman–Crippen LogP) is 3.54. The number of aliphatic hydroxyl groups is 1. The molecule has 0 bridgehead atoms. The summed E-state index contributed by atoms with van der Waals surface area (Å²) in [4.78, 5) is 0. The molecule has 2 N–H and O–H groups in total. The van der Waals surface area contributed by atoms with Crippen LogP contribution >= 0.6 is 0 Å². The van der Waals surface area contributed by atoms with Crippen molar-refractivity contribution in [2.75, 3.05) is 0 Å². The monoisotopic (exact) mass is 294 g/mol. The van der Waals surface area contributed by atoms with E-state index in [0.29, 0.717) is 6.42 Å². The fourth-order valence-corrected chi connectivity index (χ4v) is 2.54. The Morgan fingerprint density at radius 2 is 1.37 bits per heavy atom. The Labute approximate surface area is 118 Å². The predicted molar refractivity (Wildman–Crippen MR) is 78.9 cm³/mol. The molecule has 0 spiro atoms. The topological polar surface area (TPSA) is 74.6 Å². The molecule has 0 aromatic heterocycles. The van der Waals surface area contributed by atoms with Gasteiger partial charge in [0.2, 0.25) is 0 Å². The molecule has 0 aliphatic heterocycles. The minimum Gasteiger partial charge on any atom is -0.393 e. The van der Waals surface area contributed by atoms with Crippen LogP contribution in [0.2, 0.25) is 0 Å². The van der Waals surface area contributed by atoms with E-state index in [2.05, 4.69) is 6.92 Å². The summed E-state index contributed by atoms with van der Waals surface area (Å²) in [6, 6.07) is 0. The van der Waals surface area contributed by atoms with Gasteiger partial charge in [-0.15, -0.1) is 0 Å². The summed E-state index contributed by atoms with van der Waals surface area (Å²) in [6.07, 6.45) is 9.39. The smallest absolute Gasteiger partial charge is 0.267 e. The normalized spacial score (nSPS) is 15.4. The zero-order valence-electron chi connectivity index (χ0n) is 12.3. The molecule has 0 amide bonds. The molecule has 5 heteroatoms.